The first-order valence-corrected chi connectivity index (χ1v) is 8.98. The van der Waals surface area contributed by atoms with Crippen LogP contribution in [0.1, 0.15) is 89.3 Å². The number of hydrogen-bond acceptors (Lipinski definition) is 3. The van der Waals surface area contributed by atoms with Crippen molar-refractivity contribution in [3.05, 3.63) is 11.6 Å². The summed E-state index contributed by atoms with van der Waals surface area (Å²) in [6.07, 6.45) is 13.5. The largest absolute Gasteiger partial charge is 0.312 e. The van der Waals surface area contributed by atoms with Crippen molar-refractivity contribution in [3.63, 3.8) is 0 Å². The average Bonchev–Trinajstić information content (AvgIpc) is 2.90. The molecule has 1 aromatic heterocycles. The fraction of sp³-hybridized carbons (Fsp3) is 0.882. The van der Waals surface area contributed by atoms with Crippen LogP contribution < -0.4 is 5.32 Å². The van der Waals surface area contributed by atoms with E-state index in [4.69, 9.17) is 0 Å². The maximum Gasteiger partial charge on any atom is 0.149 e. The van der Waals surface area contributed by atoms with E-state index in [9.17, 15) is 0 Å². The molecule has 1 N–H and O–H groups in total. The first kappa shape index (κ1) is 16.5. The summed E-state index contributed by atoms with van der Waals surface area (Å²) in [6.45, 7) is 6.51. The van der Waals surface area contributed by atoms with Gasteiger partial charge >= 0.3 is 0 Å². The predicted octanol–water partition coefficient (Wildman–Crippen LogP) is 4.02. The highest BCUT2D eigenvalue weighted by Gasteiger charge is 2.20. The molecular formula is C17H32N4. The van der Waals surface area contributed by atoms with Crippen molar-refractivity contribution < 1.29 is 0 Å². The van der Waals surface area contributed by atoms with Crippen LogP contribution in [0.25, 0.3) is 0 Å². The van der Waals surface area contributed by atoms with Gasteiger partial charge in [-0.2, -0.15) is 0 Å². The van der Waals surface area contributed by atoms with Crippen molar-refractivity contribution in [3.8, 4) is 0 Å². The fourth-order valence-electron chi connectivity index (χ4n) is 3.18. The van der Waals surface area contributed by atoms with Gasteiger partial charge in [0.15, 0.2) is 0 Å². The van der Waals surface area contributed by atoms with Gasteiger partial charge in [-0.05, 0) is 13.3 Å². The van der Waals surface area contributed by atoms with Crippen molar-refractivity contribution >= 4 is 0 Å². The summed E-state index contributed by atoms with van der Waals surface area (Å²) in [6, 6.07) is 0.350. The Labute approximate surface area is 129 Å². The molecule has 1 unspecified atom stereocenters. The Balaban J connectivity index is 1.57. The van der Waals surface area contributed by atoms with Crippen LogP contribution in [0.2, 0.25) is 0 Å². The van der Waals surface area contributed by atoms with Crippen LogP contribution in [-0.4, -0.2) is 21.3 Å². The van der Waals surface area contributed by atoms with Gasteiger partial charge in [0.25, 0.3) is 0 Å². The summed E-state index contributed by atoms with van der Waals surface area (Å²) in [7, 11) is 0. The van der Waals surface area contributed by atoms with Gasteiger partial charge in [0, 0.05) is 19.5 Å². The molecule has 0 bridgehead atoms. The number of fused-ring (bicyclic) bond motifs is 1. The second-order valence-electron chi connectivity index (χ2n) is 6.38. The maximum atomic E-state index is 4.39. The van der Waals surface area contributed by atoms with E-state index >= 15 is 0 Å². The highest BCUT2D eigenvalue weighted by atomic mass is 15.3. The van der Waals surface area contributed by atoms with Gasteiger partial charge in [-0.3, -0.25) is 0 Å². The molecule has 2 rings (SSSR count). The van der Waals surface area contributed by atoms with Gasteiger partial charge in [-0.15, -0.1) is 10.2 Å². The number of aryl methyl sites for hydroxylation is 1. The van der Waals surface area contributed by atoms with E-state index in [0.29, 0.717) is 6.04 Å². The van der Waals surface area contributed by atoms with E-state index in [-0.39, 0.29) is 0 Å². The van der Waals surface area contributed by atoms with E-state index in [2.05, 4.69) is 33.9 Å². The lowest BCUT2D eigenvalue weighted by atomic mass is 10.1. The molecule has 1 atom stereocenters. The number of aromatic nitrogens is 3. The third-order valence-corrected chi connectivity index (χ3v) is 4.53. The second-order valence-corrected chi connectivity index (χ2v) is 6.38. The van der Waals surface area contributed by atoms with Crippen LogP contribution in [0, 0.1) is 0 Å². The summed E-state index contributed by atoms with van der Waals surface area (Å²) in [5, 5.41) is 12.2. The van der Waals surface area contributed by atoms with Crippen LogP contribution >= 0.6 is 0 Å². The quantitative estimate of drug-likeness (QED) is 0.662. The molecule has 4 nitrogen and oxygen atoms in total. The van der Waals surface area contributed by atoms with Crippen molar-refractivity contribution in [2.45, 2.75) is 90.6 Å². The summed E-state index contributed by atoms with van der Waals surface area (Å²) >= 11 is 0. The van der Waals surface area contributed by atoms with Crippen molar-refractivity contribution in [2.24, 2.45) is 0 Å². The molecule has 1 aromatic rings. The lowest BCUT2D eigenvalue weighted by molar-refractivity contribution is 0.427. The molecule has 120 valence electrons. The fourth-order valence-corrected chi connectivity index (χ4v) is 3.18. The molecule has 0 aromatic carbocycles. The van der Waals surface area contributed by atoms with Gasteiger partial charge in [0.2, 0.25) is 0 Å². The molecule has 2 heterocycles. The molecule has 0 amide bonds. The monoisotopic (exact) mass is 292 g/mol. The minimum absolute atomic E-state index is 0.350. The number of rotatable bonds is 10. The Morgan fingerprint density at radius 3 is 2.38 bits per heavy atom. The maximum absolute atomic E-state index is 4.39. The molecule has 0 radical (unpaired) electrons. The molecule has 0 aliphatic carbocycles. The molecule has 0 saturated carbocycles. The topological polar surface area (TPSA) is 42.7 Å². The summed E-state index contributed by atoms with van der Waals surface area (Å²) in [5.41, 5.74) is 0. The first-order chi connectivity index (χ1) is 10.3. The minimum atomic E-state index is 0.350. The number of nitrogens with zero attached hydrogens (tertiary/aromatic N) is 3. The Kier molecular flexibility index (Phi) is 7.20. The van der Waals surface area contributed by atoms with Crippen molar-refractivity contribution in [1.29, 1.82) is 0 Å². The Bertz CT molecular complexity index is 399. The summed E-state index contributed by atoms with van der Waals surface area (Å²) in [5.74, 6) is 2.31. The van der Waals surface area contributed by atoms with Gasteiger partial charge in [-0.25, -0.2) is 0 Å². The zero-order valence-corrected chi connectivity index (χ0v) is 13.9. The average molecular weight is 292 g/mol. The molecule has 4 heteroatoms. The Morgan fingerprint density at radius 1 is 1.00 bits per heavy atom. The molecule has 21 heavy (non-hydrogen) atoms. The van der Waals surface area contributed by atoms with E-state index in [1.54, 1.807) is 0 Å². The molecular weight excluding hydrogens is 260 g/mol. The molecule has 1 aliphatic rings. The lowest BCUT2D eigenvalue weighted by Crippen LogP contribution is -2.32. The van der Waals surface area contributed by atoms with E-state index in [0.717, 1.165) is 25.3 Å². The van der Waals surface area contributed by atoms with E-state index in [1.165, 1.54) is 63.6 Å². The normalized spacial score (nSPS) is 17.9. The Morgan fingerprint density at radius 2 is 1.67 bits per heavy atom. The molecule has 0 spiro atoms. The van der Waals surface area contributed by atoms with Crippen LogP contribution in [0.5, 0.6) is 0 Å². The number of hydrogen-bond donors (Lipinski definition) is 1. The van der Waals surface area contributed by atoms with E-state index < -0.39 is 0 Å². The molecule has 1 aliphatic heterocycles. The Hall–Kier alpha value is -0.900. The van der Waals surface area contributed by atoms with Crippen LogP contribution in [0.3, 0.4) is 0 Å². The lowest BCUT2D eigenvalue weighted by Gasteiger charge is -2.21. The number of nitrogens with one attached hydrogen (secondary N) is 1. The minimum Gasteiger partial charge on any atom is -0.312 e. The number of unbranched alkanes of at least 4 members (excludes halogenated alkanes) is 8. The van der Waals surface area contributed by atoms with Gasteiger partial charge in [-0.1, -0.05) is 58.3 Å². The zero-order chi connectivity index (χ0) is 14.9. The molecule has 0 saturated heterocycles. The van der Waals surface area contributed by atoms with Crippen LogP contribution in [0.15, 0.2) is 0 Å². The van der Waals surface area contributed by atoms with E-state index in [1.807, 2.05) is 0 Å². The highest BCUT2D eigenvalue weighted by Crippen LogP contribution is 2.17. The van der Waals surface area contributed by atoms with Gasteiger partial charge in [0.1, 0.15) is 11.6 Å². The predicted molar refractivity (Wildman–Crippen MR) is 87.4 cm³/mol. The molecule has 0 fully saturated rings. The van der Waals surface area contributed by atoms with Crippen LogP contribution in [0.4, 0.5) is 0 Å². The highest BCUT2D eigenvalue weighted by molar-refractivity contribution is 5.03. The third kappa shape index (κ3) is 5.10. The first-order valence-electron chi connectivity index (χ1n) is 8.98. The third-order valence-electron chi connectivity index (χ3n) is 4.53. The smallest absolute Gasteiger partial charge is 0.149 e. The van der Waals surface area contributed by atoms with Crippen molar-refractivity contribution in [1.82, 2.24) is 20.1 Å². The SMILES string of the molecule is CCCCCCCCCCCc1nnc2n1CCNC2C. The van der Waals surface area contributed by atoms with Gasteiger partial charge in [0.05, 0.1) is 6.04 Å². The standard InChI is InChI=1S/C17H32N4/c1-3-4-5-6-7-8-9-10-11-12-16-19-20-17-15(2)18-13-14-21(16)17/h15,18H,3-14H2,1-2H3. The summed E-state index contributed by atoms with van der Waals surface area (Å²) in [4.78, 5) is 0. The second kappa shape index (κ2) is 9.19. The van der Waals surface area contributed by atoms with Gasteiger partial charge < -0.3 is 9.88 Å². The summed E-state index contributed by atoms with van der Waals surface area (Å²) < 4.78 is 2.33. The zero-order valence-electron chi connectivity index (χ0n) is 13.9. The van der Waals surface area contributed by atoms with Crippen molar-refractivity contribution in [2.75, 3.05) is 6.54 Å². The van der Waals surface area contributed by atoms with Crippen LogP contribution in [-0.2, 0) is 13.0 Å².